The molecule has 1 aliphatic heterocycles. The average molecular weight is 347 g/mol. The number of halogens is 1. The molecule has 1 aromatic rings. The molecule has 1 aliphatic rings. The van der Waals surface area contributed by atoms with Crippen molar-refractivity contribution in [3.8, 4) is 5.75 Å². The van der Waals surface area contributed by atoms with Gasteiger partial charge in [0.2, 0.25) is 15.9 Å². The fourth-order valence-electron chi connectivity index (χ4n) is 2.44. The minimum atomic E-state index is -3.57. The molecule has 22 heavy (non-hydrogen) atoms. The lowest BCUT2D eigenvalue weighted by atomic mass is 10.2. The van der Waals surface area contributed by atoms with Gasteiger partial charge in [0.1, 0.15) is 11.6 Å². The van der Waals surface area contributed by atoms with Crippen molar-refractivity contribution in [2.75, 3.05) is 39.2 Å². The number of nitrogens with zero attached hydrogens (tertiary/aromatic N) is 2. The second-order valence-corrected chi connectivity index (χ2v) is 7.22. The molecule has 0 N–H and O–H groups in total. The maximum Gasteiger partial charge on any atom is 0.243 e. The van der Waals surface area contributed by atoms with Gasteiger partial charge in [-0.1, -0.05) is 0 Å². The molecule has 1 aromatic carbocycles. The zero-order chi connectivity index (χ0) is 16.3. The molecule has 8 heteroatoms. The van der Waals surface area contributed by atoms with Crippen molar-refractivity contribution in [2.45, 2.75) is 11.8 Å². The molecule has 0 bridgehead atoms. The summed E-state index contributed by atoms with van der Waals surface area (Å²) in [4.78, 5) is 13.4. The fraction of sp³-hybridized carbons (Fsp3) is 0.500. The van der Waals surface area contributed by atoms with Crippen molar-refractivity contribution in [2.24, 2.45) is 0 Å². The van der Waals surface area contributed by atoms with Gasteiger partial charge in [0.25, 0.3) is 0 Å². The molecule has 6 nitrogen and oxygen atoms in total. The third-order valence-corrected chi connectivity index (χ3v) is 5.99. The van der Waals surface area contributed by atoms with Crippen molar-refractivity contribution in [1.29, 1.82) is 0 Å². The molecular weight excluding hydrogens is 328 g/mol. The summed E-state index contributed by atoms with van der Waals surface area (Å²) in [6, 6.07) is 4.88. The number of piperazine rings is 1. The van der Waals surface area contributed by atoms with Gasteiger partial charge in [0.05, 0.1) is 12.0 Å². The lowest BCUT2D eigenvalue weighted by molar-refractivity contribution is -0.129. The van der Waals surface area contributed by atoms with Crippen LogP contribution in [0.5, 0.6) is 5.75 Å². The van der Waals surface area contributed by atoms with E-state index in [0.29, 0.717) is 24.4 Å². The standard InChI is InChI=1S/C14H19ClN2O4S/c1-11-9-12(21-2)3-4-13(11)22(19,20)17-7-5-16(6-8-17)14(18)10-15/h3-4,9H,5-8,10H2,1-2H3. The number of sulfonamides is 1. The van der Waals surface area contributed by atoms with E-state index in [4.69, 9.17) is 16.3 Å². The van der Waals surface area contributed by atoms with E-state index in [2.05, 4.69) is 0 Å². The van der Waals surface area contributed by atoms with Gasteiger partial charge in [0, 0.05) is 26.2 Å². The summed E-state index contributed by atoms with van der Waals surface area (Å²) in [5, 5.41) is 0. The van der Waals surface area contributed by atoms with Crippen molar-refractivity contribution >= 4 is 27.5 Å². The number of methoxy groups -OCH3 is 1. The number of benzene rings is 1. The maximum absolute atomic E-state index is 12.7. The Labute approximate surface area is 135 Å². The number of alkyl halides is 1. The molecule has 2 rings (SSSR count). The first-order valence-electron chi connectivity index (χ1n) is 6.88. The van der Waals surface area contributed by atoms with E-state index in [9.17, 15) is 13.2 Å². The highest BCUT2D eigenvalue weighted by Gasteiger charge is 2.30. The van der Waals surface area contributed by atoms with Crippen LogP contribution in [0.25, 0.3) is 0 Å². The Bertz CT molecular complexity index is 655. The molecule has 0 saturated carbocycles. The van der Waals surface area contributed by atoms with Gasteiger partial charge in [-0.15, -0.1) is 11.6 Å². The van der Waals surface area contributed by atoms with E-state index in [-0.39, 0.29) is 29.8 Å². The van der Waals surface area contributed by atoms with Crippen LogP contribution in [0.15, 0.2) is 23.1 Å². The van der Waals surface area contributed by atoms with Gasteiger partial charge in [0.15, 0.2) is 0 Å². The molecule has 0 unspecified atom stereocenters. The predicted molar refractivity (Wildman–Crippen MR) is 83.8 cm³/mol. The number of aryl methyl sites for hydroxylation is 1. The topological polar surface area (TPSA) is 66.9 Å². The van der Waals surface area contributed by atoms with Crippen molar-refractivity contribution in [3.63, 3.8) is 0 Å². The Kier molecular flexibility index (Phi) is 5.31. The SMILES string of the molecule is COc1ccc(S(=O)(=O)N2CCN(C(=O)CCl)CC2)c(C)c1. The number of carbonyl (C=O) groups is 1. The highest BCUT2D eigenvalue weighted by Crippen LogP contribution is 2.24. The lowest BCUT2D eigenvalue weighted by Gasteiger charge is -2.34. The largest absolute Gasteiger partial charge is 0.497 e. The van der Waals surface area contributed by atoms with Crippen LogP contribution in [0, 0.1) is 6.92 Å². The molecule has 1 fully saturated rings. The zero-order valence-electron chi connectivity index (χ0n) is 12.6. The van der Waals surface area contributed by atoms with Crippen molar-refractivity contribution in [1.82, 2.24) is 9.21 Å². The molecule has 0 spiro atoms. The smallest absolute Gasteiger partial charge is 0.243 e. The molecule has 0 aromatic heterocycles. The molecule has 0 radical (unpaired) electrons. The molecule has 1 saturated heterocycles. The Hall–Kier alpha value is -1.31. The molecular formula is C14H19ClN2O4S. The summed E-state index contributed by atoms with van der Waals surface area (Å²) in [6.45, 7) is 3.01. The van der Waals surface area contributed by atoms with Gasteiger partial charge >= 0.3 is 0 Å². The third-order valence-electron chi connectivity index (χ3n) is 3.71. The normalized spacial score (nSPS) is 16.6. The number of carbonyl (C=O) groups excluding carboxylic acids is 1. The number of amides is 1. The molecule has 1 heterocycles. The van der Waals surface area contributed by atoms with Crippen molar-refractivity contribution in [3.05, 3.63) is 23.8 Å². The highest BCUT2D eigenvalue weighted by atomic mass is 35.5. The van der Waals surface area contributed by atoms with Gasteiger partial charge in [-0.2, -0.15) is 4.31 Å². The predicted octanol–water partition coefficient (Wildman–Crippen LogP) is 1.08. The minimum Gasteiger partial charge on any atom is -0.497 e. The van der Waals surface area contributed by atoms with Crippen LogP contribution in [0.1, 0.15) is 5.56 Å². The van der Waals surface area contributed by atoms with Gasteiger partial charge < -0.3 is 9.64 Å². The summed E-state index contributed by atoms with van der Waals surface area (Å²) in [7, 11) is -2.03. The first-order valence-corrected chi connectivity index (χ1v) is 8.86. The fourth-order valence-corrected chi connectivity index (χ4v) is 4.24. The average Bonchev–Trinajstić information content (AvgIpc) is 2.53. The van der Waals surface area contributed by atoms with Crippen LogP contribution in [-0.4, -0.2) is 62.7 Å². The number of hydrogen-bond acceptors (Lipinski definition) is 4. The Morgan fingerprint density at radius 2 is 1.91 bits per heavy atom. The summed E-state index contributed by atoms with van der Waals surface area (Å²) >= 11 is 5.52. The minimum absolute atomic E-state index is 0.0790. The van der Waals surface area contributed by atoms with Crippen LogP contribution in [0.3, 0.4) is 0 Å². The number of rotatable bonds is 4. The van der Waals surface area contributed by atoms with Gasteiger partial charge in [-0.05, 0) is 30.7 Å². The van der Waals surface area contributed by atoms with E-state index in [0.717, 1.165) is 0 Å². The summed E-state index contributed by atoms with van der Waals surface area (Å²) in [5.74, 6) is 0.373. The van der Waals surface area contributed by atoms with E-state index >= 15 is 0 Å². The van der Waals surface area contributed by atoms with E-state index in [1.165, 1.54) is 11.4 Å². The summed E-state index contributed by atoms with van der Waals surface area (Å²) in [6.07, 6.45) is 0. The number of hydrogen-bond donors (Lipinski definition) is 0. The summed E-state index contributed by atoms with van der Waals surface area (Å²) < 4.78 is 31.9. The molecule has 0 atom stereocenters. The molecule has 122 valence electrons. The first kappa shape index (κ1) is 17.1. The number of ether oxygens (including phenoxy) is 1. The van der Waals surface area contributed by atoms with Gasteiger partial charge in [-0.25, -0.2) is 8.42 Å². The summed E-state index contributed by atoms with van der Waals surface area (Å²) in [5.41, 5.74) is 0.638. The molecule has 1 amide bonds. The second-order valence-electron chi connectivity index (χ2n) is 5.05. The Morgan fingerprint density at radius 1 is 1.27 bits per heavy atom. The monoisotopic (exact) mass is 346 g/mol. The molecule has 0 aliphatic carbocycles. The van der Waals surface area contributed by atoms with Crippen LogP contribution >= 0.6 is 11.6 Å². The van der Waals surface area contributed by atoms with E-state index < -0.39 is 10.0 Å². The van der Waals surface area contributed by atoms with Crippen LogP contribution in [-0.2, 0) is 14.8 Å². The quantitative estimate of drug-likeness (QED) is 0.765. The van der Waals surface area contributed by atoms with E-state index in [1.54, 1.807) is 30.0 Å². The van der Waals surface area contributed by atoms with Crippen LogP contribution < -0.4 is 4.74 Å². The third kappa shape index (κ3) is 3.37. The van der Waals surface area contributed by atoms with Crippen molar-refractivity contribution < 1.29 is 17.9 Å². The Balaban J connectivity index is 2.17. The van der Waals surface area contributed by atoms with Crippen LogP contribution in [0.2, 0.25) is 0 Å². The van der Waals surface area contributed by atoms with Crippen LogP contribution in [0.4, 0.5) is 0 Å². The zero-order valence-corrected chi connectivity index (χ0v) is 14.2. The maximum atomic E-state index is 12.7. The van der Waals surface area contributed by atoms with Gasteiger partial charge in [-0.3, -0.25) is 4.79 Å². The van der Waals surface area contributed by atoms with E-state index in [1.807, 2.05) is 0 Å². The Morgan fingerprint density at radius 3 is 2.41 bits per heavy atom. The second kappa shape index (κ2) is 6.85. The first-order chi connectivity index (χ1) is 10.4. The lowest BCUT2D eigenvalue weighted by Crippen LogP contribution is -2.50. The highest BCUT2D eigenvalue weighted by molar-refractivity contribution is 7.89.